The molecule has 6 heteroatoms. The molecule has 1 aliphatic carbocycles. The van der Waals surface area contributed by atoms with Crippen molar-refractivity contribution in [1.82, 2.24) is 0 Å². The van der Waals surface area contributed by atoms with Gasteiger partial charge in [-0.1, -0.05) is 19.3 Å². The van der Waals surface area contributed by atoms with Crippen LogP contribution in [-0.2, 0) is 0 Å². The normalized spacial score (nSPS) is 17.5. The molecule has 1 aromatic carbocycles. The van der Waals surface area contributed by atoms with E-state index in [0.717, 1.165) is 19.3 Å². The van der Waals surface area contributed by atoms with E-state index in [0.29, 0.717) is 18.6 Å². The molecule has 0 heterocycles. The summed E-state index contributed by atoms with van der Waals surface area (Å²) in [6, 6.07) is 4.43. The summed E-state index contributed by atoms with van der Waals surface area (Å²) in [6.07, 6.45) is 4.40. The summed E-state index contributed by atoms with van der Waals surface area (Å²) in [6.45, 7) is 0.0835. The van der Waals surface area contributed by atoms with Crippen LogP contribution in [0.4, 0.5) is 5.69 Å². The number of hydrogen-bond donors (Lipinski definition) is 1. The molecule has 0 bridgehead atoms. The molecule has 110 valence electrons. The van der Waals surface area contributed by atoms with Crippen molar-refractivity contribution in [3.8, 4) is 11.5 Å². The van der Waals surface area contributed by atoms with Gasteiger partial charge in [-0.3, -0.25) is 10.1 Å². The zero-order chi connectivity index (χ0) is 14.6. The molecule has 1 aromatic rings. The van der Waals surface area contributed by atoms with Crippen LogP contribution < -0.4 is 9.47 Å². The Hall–Kier alpha value is -1.82. The summed E-state index contributed by atoms with van der Waals surface area (Å²) in [5, 5.41) is 21.4. The Bertz CT molecular complexity index is 482. The van der Waals surface area contributed by atoms with Crippen LogP contribution in [0.25, 0.3) is 0 Å². The number of hydrogen-bond acceptors (Lipinski definition) is 5. The molecule has 20 heavy (non-hydrogen) atoms. The number of rotatable bonds is 5. The SMILES string of the molecule is COc1ccc(OCC2(O)CCCCC2)c([N+](=O)[O-])c1. The van der Waals surface area contributed by atoms with Crippen molar-refractivity contribution in [1.29, 1.82) is 0 Å². The highest BCUT2D eigenvalue weighted by Crippen LogP contribution is 2.33. The molecule has 0 aliphatic heterocycles. The van der Waals surface area contributed by atoms with Crippen LogP contribution in [0.15, 0.2) is 18.2 Å². The van der Waals surface area contributed by atoms with Crippen LogP contribution in [0, 0.1) is 10.1 Å². The lowest BCUT2D eigenvalue weighted by molar-refractivity contribution is -0.386. The Morgan fingerprint density at radius 2 is 2.05 bits per heavy atom. The molecule has 1 saturated carbocycles. The summed E-state index contributed by atoms with van der Waals surface area (Å²) in [5.74, 6) is 0.565. The molecule has 0 unspecified atom stereocenters. The molecule has 0 atom stereocenters. The van der Waals surface area contributed by atoms with Crippen LogP contribution in [-0.4, -0.2) is 29.3 Å². The average molecular weight is 281 g/mol. The molecule has 6 nitrogen and oxygen atoms in total. The number of ether oxygens (including phenoxy) is 2. The van der Waals surface area contributed by atoms with Gasteiger partial charge in [-0.15, -0.1) is 0 Å². The van der Waals surface area contributed by atoms with E-state index < -0.39 is 10.5 Å². The molecule has 1 N–H and O–H groups in total. The summed E-state index contributed by atoms with van der Waals surface area (Å²) < 4.78 is 10.5. The molecule has 1 aliphatic rings. The predicted octanol–water partition coefficient (Wildman–Crippen LogP) is 2.68. The monoisotopic (exact) mass is 281 g/mol. The van der Waals surface area contributed by atoms with Crippen molar-refractivity contribution in [3.05, 3.63) is 28.3 Å². The van der Waals surface area contributed by atoms with Crippen molar-refractivity contribution in [3.63, 3.8) is 0 Å². The summed E-state index contributed by atoms with van der Waals surface area (Å²) in [7, 11) is 1.45. The second-order valence-electron chi connectivity index (χ2n) is 5.16. The highest BCUT2D eigenvalue weighted by Gasteiger charge is 2.31. The first-order chi connectivity index (χ1) is 9.54. The van der Waals surface area contributed by atoms with Gasteiger partial charge in [-0.25, -0.2) is 0 Å². The van der Waals surface area contributed by atoms with Gasteiger partial charge in [0.25, 0.3) is 0 Å². The lowest BCUT2D eigenvalue weighted by Gasteiger charge is -2.31. The number of nitro groups is 1. The van der Waals surface area contributed by atoms with E-state index in [9.17, 15) is 15.2 Å². The van der Waals surface area contributed by atoms with E-state index in [1.165, 1.54) is 19.2 Å². The minimum Gasteiger partial charge on any atom is -0.496 e. The third-order valence-electron chi connectivity index (χ3n) is 3.64. The standard InChI is InChI=1S/C14H19NO5/c1-19-11-5-6-13(12(9-11)15(17)18)20-10-14(16)7-3-2-4-8-14/h5-6,9,16H,2-4,7-8,10H2,1H3. The molecule has 0 spiro atoms. The van der Waals surface area contributed by atoms with Gasteiger partial charge in [-0.05, 0) is 25.0 Å². The summed E-state index contributed by atoms with van der Waals surface area (Å²) in [4.78, 5) is 10.5. The lowest BCUT2D eigenvalue weighted by atomic mass is 9.85. The molecule has 0 saturated heterocycles. The maximum atomic E-state index is 11.0. The number of nitrogens with zero attached hydrogens (tertiary/aromatic N) is 1. The van der Waals surface area contributed by atoms with Gasteiger partial charge >= 0.3 is 5.69 Å². The van der Waals surface area contributed by atoms with Crippen molar-refractivity contribution < 1.29 is 19.5 Å². The van der Waals surface area contributed by atoms with E-state index in [1.807, 2.05) is 0 Å². The second kappa shape index (κ2) is 6.09. The van der Waals surface area contributed by atoms with Crippen LogP contribution in [0.2, 0.25) is 0 Å². The van der Waals surface area contributed by atoms with Crippen LogP contribution >= 0.6 is 0 Å². The first kappa shape index (κ1) is 14.6. The van der Waals surface area contributed by atoms with Crippen LogP contribution in [0.5, 0.6) is 11.5 Å². The highest BCUT2D eigenvalue weighted by molar-refractivity contribution is 5.50. The van der Waals surface area contributed by atoms with Gasteiger partial charge in [0.15, 0.2) is 5.75 Å². The second-order valence-corrected chi connectivity index (χ2v) is 5.16. The van der Waals surface area contributed by atoms with Gasteiger partial charge < -0.3 is 14.6 Å². The summed E-state index contributed by atoms with van der Waals surface area (Å²) in [5.41, 5.74) is -1.02. The third-order valence-corrected chi connectivity index (χ3v) is 3.64. The highest BCUT2D eigenvalue weighted by atomic mass is 16.6. The van der Waals surface area contributed by atoms with Crippen LogP contribution in [0.1, 0.15) is 32.1 Å². The van der Waals surface area contributed by atoms with Crippen molar-refractivity contribution in [2.45, 2.75) is 37.7 Å². The number of benzene rings is 1. The van der Waals surface area contributed by atoms with E-state index >= 15 is 0 Å². The number of aliphatic hydroxyl groups is 1. The minimum atomic E-state index is -0.869. The van der Waals surface area contributed by atoms with Gasteiger partial charge in [0.05, 0.1) is 23.7 Å². The third kappa shape index (κ3) is 3.39. The largest absolute Gasteiger partial charge is 0.496 e. The van der Waals surface area contributed by atoms with E-state index in [-0.39, 0.29) is 18.0 Å². The first-order valence-electron chi connectivity index (χ1n) is 6.72. The average Bonchev–Trinajstić information content (AvgIpc) is 2.45. The fourth-order valence-electron chi connectivity index (χ4n) is 2.46. The quantitative estimate of drug-likeness (QED) is 0.662. The Morgan fingerprint density at radius 1 is 1.35 bits per heavy atom. The van der Waals surface area contributed by atoms with Gasteiger partial charge in [0, 0.05) is 0 Å². The lowest BCUT2D eigenvalue weighted by Crippen LogP contribution is -2.37. The Balaban J connectivity index is 2.10. The van der Waals surface area contributed by atoms with E-state index in [2.05, 4.69) is 0 Å². The van der Waals surface area contributed by atoms with Gasteiger partial charge in [-0.2, -0.15) is 0 Å². The summed E-state index contributed by atoms with van der Waals surface area (Å²) >= 11 is 0. The molecular weight excluding hydrogens is 262 g/mol. The number of nitro benzene ring substituents is 1. The molecular formula is C14H19NO5. The molecule has 0 amide bonds. The minimum absolute atomic E-state index is 0.0835. The predicted molar refractivity (Wildman–Crippen MR) is 73.2 cm³/mol. The number of methoxy groups -OCH3 is 1. The zero-order valence-corrected chi connectivity index (χ0v) is 11.5. The Morgan fingerprint density at radius 3 is 2.65 bits per heavy atom. The first-order valence-corrected chi connectivity index (χ1v) is 6.72. The van der Waals surface area contributed by atoms with Crippen molar-refractivity contribution in [2.75, 3.05) is 13.7 Å². The molecule has 2 rings (SSSR count). The smallest absolute Gasteiger partial charge is 0.314 e. The molecule has 1 fully saturated rings. The fraction of sp³-hybridized carbons (Fsp3) is 0.571. The zero-order valence-electron chi connectivity index (χ0n) is 11.5. The van der Waals surface area contributed by atoms with E-state index in [1.54, 1.807) is 6.07 Å². The Labute approximate surface area is 117 Å². The fourth-order valence-corrected chi connectivity index (χ4v) is 2.46. The van der Waals surface area contributed by atoms with Crippen molar-refractivity contribution >= 4 is 5.69 Å². The Kier molecular flexibility index (Phi) is 4.44. The topological polar surface area (TPSA) is 81.8 Å². The molecule has 0 aromatic heterocycles. The van der Waals surface area contributed by atoms with E-state index in [4.69, 9.17) is 9.47 Å². The maximum absolute atomic E-state index is 11.0. The maximum Gasteiger partial charge on any atom is 0.314 e. The van der Waals surface area contributed by atoms with Crippen LogP contribution in [0.3, 0.4) is 0 Å². The van der Waals surface area contributed by atoms with Gasteiger partial charge in [0.2, 0.25) is 0 Å². The molecule has 0 radical (unpaired) electrons. The van der Waals surface area contributed by atoms with Crippen molar-refractivity contribution in [2.24, 2.45) is 0 Å². The van der Waals surface area contributed by atoms with Gasteiger partial charge in [0.1, 0.15) is 12.4 Å².